The molecule has 2 rings (SSSR count). The third kappa shape index (κ3) is 5.64. The van der Waals surface area contributed by atoms with Crippen LogP contribution in [0.3, 0.4) is 0 Å². The number of rotatable bonds is 7. The Morgan fingerprint density at radius 1 is 1.15 bits per heavy atom. The lowest BCUT2D eigenvalue weighted by atomic mass is 9.99. The van der Waals surface area contributed by atoms with Crippen molar-refractivity contribution >= 4 is 32.2 Å². The highest BCUT2D eigenvalue weighted by Crippen LogP contribution is 2.29. The molecule has 1 amide bonds. The summed E-state index contributed by atoms with van der Waals surface area (Å²) in [5, 5.41) is 5.10. The number of thiazole rings is 1. The Labute approximate surface area is 159 Å². The Bertz CT molecular complexity index is 900. The van der Waals surface area contributed by atoms with Gasteiger partial charge in [-0.2, -0.15) is 0 Å². The molecule has 1 aromatic carbocycles. The molecule has 0 fully saturated rings. The molecule has 0 saturated carbocycles. The fourth-order valence-corrected chi connectivity index (χ4v) is 5.12. The molecule has 0 saturated heterocycles. The van der Waals surface area contributed by atoms with E-state index in [1.807, 2.05) is 26.2 Å². The van der Waals surface area contributed by atoms with Crippen molar-refractivity contribution in [2.24, 2.45) is 5.92 Å². The van der Waals surface area contributed by atoms with Crippen LogP contribution in [0.5, 0.6) is 0 Å². The molecule has 142 valence electrons. The predicted molar refractivity (Wildman–Crippen MR) is 108 cm³/mol. The highest BCUT2D eigenvalue weighted by atomic mass is 32.2. The van der Waals surface area contributed by atoms with Crippen LogP contribution in [0.4, 0.5) is 5.13 Å². The second kappa shape index (κ2) is 8.31. The van der Waals surface area contributed by atoms with E-state index in [1.54, 1.807) is 0 Å². The van der Waals surface area contributed by atoms with Crippen molar-refractivity contribution in [3.8, 4) is 11.3 Å². The number of anilines is 1. The molecule has 0 spiro atoms. The van der Waals surface area contributed by atoms with Crippen LogP contribution < -0.4 is 5.32 Å². The number of aromatic nitrogens is 1. The Balaban J connectivity index is 2.02. The van der Waals surface area contributed by atoms with Gasteiger partial charge in [-0.25, -0.2) is 13.4 Å². The number of carbonyl (C=O) groups is 1. The summed E-state index contributed by atoms with van der Waals surface area (Å²) in [4.78, 5) is 16.5. The van der Waals surface area contributed by atoms with Gasteiger partial charge in [0, 0.05) is 17.4 Å². The maximum Gasteiger partial charge on any atom is 0.227 e. The average Bonchev–Trinajstić information content (AvgIpc) is 2.96. The number of sulfone groups is 1. The van der Waals surface area contributed by atoms with Crippen LogP contribution in [-0.4, -0.2) is 30.8 Å². The van der Waals surface area contributed by atoms with E-state index in [0.717, 1.165) is 16.8 Å². The van der Waals surface area contributed by atoms with Crippen molar-refractivity contribution in [3.63, 3.8) is 0 Å². The molecule has 1 heterocycles. The summed E-state index contributed by atoms with van der Waals surface area (Å²) in [7, 11) is -3.20. The van der Waals surface area contributed by atoms with Crippen molar-refractivity contribution in [3.05, 3.63) is 34.2 Å². The number of amides is 1. The highest BCUT2D eigenvalue weighted by molar-refractivity contribution is 7.91. The lowest BCUT2D eigenvalue weighted by Gasteiger charge is -2.08. The number of nitrogens with zero attached hydrogens (tertiary/aromatic N) is 1. The van der Waals surface area contributed by atoms with Gasteiger partial charge in [0.15, 0.2) is 15.0 Å². The standard InChI is InChI=1S/C19H26N2O3S2/c1-12(2)11-26(23,24)7-6-18(22)21-19-20-17(10-25-19)16-9-14(4)13(3)8-15(16)5/h8-10,12H,6-7,11H2,1-5H3,(H,20,21,22). The fourth-order valence-electron chi connectivity index (χ4n) is 2.71. The van der Waals surface area contributed by atoms with Gasteiger partial charge in [0.05, 0.1) is 17.2 Å². The van der Waals surface area contributed by atoms with Gasteiger partial charge in [-0.3, -0.25) is 4.79 Å². The lowest BCUT2D eigenvalue weighted by molar-refractivity contribution is -0.115. The molecule has 0 atom stereocenters. The molecule has 0 unspecified atom stereocenters. The molecule has 0 aliphatic rings. The SMILES string of the molecule is Cc1cc(C)c(-c2csc(NC(=O)CCS(=O)(=O)CC(C)C)n2)cc1C. The van der Waals surface area contributed by atoms with Crippen molar-refractivity contribution in [1.29, 1.82) is 0 Å². The number of nitrogens with one attached hydrogen (secondary N) is 1. The van der Waals surface area contributed by atoms with Crippen LogP contribution >= 0.6 is 11.3 Å². The zero-order valence-corrected chi connectivity index (χ0v) is 17.6. The van der Waals surface area contributed by atoms with Crippen molar-refractivity contribution in [1.82, 2.24) is 4.98 Å². The molecule has 1 N–H and O–H groups in total. The van der Waals surface area contributed by atoms with Gasteiger partial charge in [-0.1, -0.05) is 19.9 Å². The Hall–Kier alpha value is -1.73. The molecule has 5 nitrogen and oxygen atoms in total. The van der Waals surface area contributed by atoms with E-state index in [2.05, 4.69) is 36.3 Å². The summed E-state index contributed by atoms with van der Waals surface area (Å²) in [6, 6.07) is 4.23. The summed E-state index contributed by atoms with van der Waals surface area (Å²) in [5.41, 5.74) is 5.43. The molecule has 7 heteroatoms. The summed E-state index contributed by atoms with van der Waals surface area (Å²) in [5.74, 6) is -0.292. The highest BCUT2D eigenvalue weighted by Gasteiger charge is 2.16. The van der Waals surface area contributed by atoms with E-state index in [1.165, 1.54) is 22.5 Å². The van der Waals surface area contributed by atoms with E-state index in [9.17, 15) is 13.2 Å². The molecule has 0 radical (unpaired) electrons. The quantitative estimate of drug-likeness (QED) is 0.766. The normalized spacial score (nSPS) is 11.8. The Morgan fingerprint density at radius 2 is 1.81 bits per heavy atom. The predicted octanol–water partition coefficient (Wildman–Crippen LogP) is 4.13. The number of aryl methyl sites for hydroxylation is 3. The molecule has 0 aliphatic carbocycles. The third-order valence-corrected chi connectivity index (χ3v) is 6.85. The molecular weight excluding hydrogens is 368 g/mol. The molecule has 0 bridgehead atoms. The smallest absolute Gasteiger partial charge is 0.227 e. The minimum atomic E-state index is -3.20. The maximum absolute atomic E-state index is 12.0. The fraction of sp³-hybridized carbons (Fsp3) is 0.474. The third-order valence-electron chi connectivity index (χ3n) is 4.09. The van der Waals surface area contributed by atoms with Gasteiger partial charge >= 0.3 is 0 Å². The van der Waals surface area contributed by atoms with Crippen LogP contribution in [0, 0.1) is 26.7 Å². The minimum absolute atomic E-state index is 0.0490. The molecule has 0 aliphatic heterocycles. The first-order valence-corrected chi connectivity index (χ1v) is 11.3. The summed E-state index contributed by atoms with van der Waals surface area (Å²) in [6.45, 7) is 9.88. The molecular formula is C19H26N2O3S2. The topological polar surface area (TPSA) is 76.1 Å². The number of hydrogen-bond donors (Lipinski definition) is 1. The second-order valence-corrected chi connectivity index (χ2v) is 10.2. The first-order chi connectivity index (χ1) is 12.1. The average molecular weight is 395 g/mol. The number of hydrogen-bond acceptors (Lipinski definition) is 5. The monoisotopic (exact) mass is 394 g/mol. The molecule has 1 aromatic heterocycles. The Kier molecular flexibility index (Phi) is 6.58. The van der Waals surface area contributed by atoms with E-state index >= 15 is 0 Å². The molecule has 2 aromatic rings. The van der Waals surface area contributed by atoms with Gasteiger partial charge in [0.1, 0.15) is 0 Å². The summed E-state index contributed by atoms with van der Waals surface area (Å²) < 4.78 is 23.8. The number of benzene rings is 1. The Morgan fingerprint density at radius 3 is 2.46 bits per heavy atom. The molecule has 26 heavy (non-hydrogen) atoms. The maximum atomic E-state index is 12.0. The van der Waals surface area contributed by atoms with Gasteiger partial charge < -0.3 is 5.32 Å². The summed E-state index contributed by atoms with van der Waals surface area (Å²) >= 11 is 1.34. The van der Waals surface area contributed by atoms with E-state index in [4.69, 9.17) is 0 Å². The van der Waals surface area contributed by atoms with Crippen molar-refractivity contribution in [2.75, 3.05) is 16.8 Å². The zero-order chi connectivity index (χ0) is 19.5. The largest absolute Gasteiger partial charge is 0.302 e. The van der Waals surface area contributed by atoms with Crippen LogP contribution in [0.1, 0.15) is 37.0 Å². The van der Waals surface area contributed by atoms with E-state index in [-0.39, 0.29) is 29.8 Å². The van der Waals surface area contributed by atoms with Gasteiger partial charge in [0.25, 0.3) is 0 Å². The van der Waals surface area contributed by atoms with Gasteiger partial charge in [0.2, 0.25) is 5.91 Å². The van der Waals surface area contributed by atoms with Crippen molar-refractivity contribution < 1.29 is 13.2 Å². The second-order valence-electron chi connectivity index (χ2n) is 7.10. The van der Waals surface area contributed by atoms with E-state index in [0.29, 0.717) is 5.13 Å². The van der Waals surface area contributed by atoms with Crippen molar-refractivity contribution in [2.45, 2.75) is 41.0 Å². The van der Waals surface area contributed by atoms with Crippen LogP contribution in [0.15, 0.2) is 17.5 Å². The zero-order valence-electron chi connectivity index (χ0n) is 15.9. The van der Waals surface area contributed by atoms with Crippen LogP contribution in [0.25, 0.3) is 11.3 Å². The van der Waals surface area contributed by atoms with Gasteiger partial charge in [-0.05, 0) is 49.4 Å². The lowest BCUT2D eigenvalue weighted by Crippen LogP contribution is -2.20. The van der Waals surface area contributed by atoms with Crippen LogP contribution in [0.2, 0.25) is 0 Å². The first-order valence-electron chi connectivity index (χ1n) is 8.61. The van der Waals surface area contributed by atoms with E-state index < -0.39 is 9.84 Å². The first kappa shape index (κ1) is 20.6. The number of carbonyl (C=O) groups excluding carboxylic acids is 1. The summed E-state index contributed by atoms with van der Waals surface area (Å²) in [6.07, 6.45) is -0.0490. The minimum Gasteiger partial charge on any atom is -0.302 e. The van der Waals surface area contributed by atoms with Crippen LogP contribution in [-0.2, 0) is 14.6 Å². The van der Waals surface area contributed by atoms with Gasteiger partial charge in [-0.15, -0.1) is 11.3 Å².